The molecule has 3 rings (SSSR count). The lowest BCUT2D eigenvalue weighted by Crippen LogP contribution is -2.28. The van der Waals surface area contributed by atoms with E-state index in [2.05, 4.69) is 4.90 Å². The molecule has 1 aliphatic carbocycles. The Labute approximate surface area is 125 Å². The molecule has 1 heterocycles. The molecule has 2 fully saturated rings. The molecular weight excluding hydrogens is 269 g/mol. The highest BCUT2D eigenvalue weighted by Crippen LogP contribution is 2.31. The summed E-state index contributed by atoms with van der Waals surface area (Å²) >= 11 is 0. The second-order valence-electron chi connectivity index (χ2n) is 6.44. The first-order valence-electron chi connectivity index (χ1n) is 8.00. The van der Waals surface area contributed by atoms with Crippen molar-refractivity contribution < 1.29 is 14.2 Å². The molecule has 0 radical (unpaired) electrons. The maximum atomic E-state index is 14.0. The van der Waals surface area contributed by atoms with Gasteiger partial charge in [0.25, 0.3) is 0 Å². The van der Waals surface area contributed by atoms with Gasteiger partial charge in [0.15, 0.2) is 11.6 Å². The van der Waals surface area contributed by atoms with Crippen LogP contribution in [0.2, 0.25) is 0 Å². The molecule has 1 saturated heterocycles. The highest BCUT2D eigenvalue weighted by atomic mass is 19.1. The minimum atomic E-state index is -0.630. The topological polar surface area (TPSA) is 32.7 Å². The molecule has 116 valence electrons. The molecule has 1 saturated carbocycles. The van der Waals surface area contributed by atoms with Crippen LogP contribution >= 0.6 is 0 Å². The first kappa shape index (κ1) is 14.8. The summed E-state index contributed by atoms with van der Waals surface area (Å²) in [5.74, 6) is 0.0326. The first-order valence-corrected chi connectivity index (χ1v) is 8.00. The molecule has 4 heteroatoms. The highest BCUT2D eigenvalue weighted by molar-refractivity contribution is 5.31. The van der Waals surface area contributed by atoms with E-state index in [1.165, 1.54) is 18.9 Å². The number of rotatable bonds is 6. The SMILES string of the molecule is C[C@H](CN1CCCC1)[C@H](O)c1ccc(OC2CC2)c(F)c1. The summed E-state index contributed by atoms with van der Waals surface area (Å²) < 4.78 is 19.5. The zero-order valence-corrected chi connectivity index (χ0v) is 12.6. The van der Waals surface area contributed by atoms with Gasteiger partial charge >= 0.3 is 0 Å². The predicted molar refractivity (Wildman–Crippen MR) is 79.8 cm³/mol. The van der Waals surface area contributed by atoms with Crippen molar-refractivity contribution >= 4 is 0 Å². The summed E-state index contributed by atoms with van der Waals surface area (Å²) in [4.78, 5) is 2.37. The van der Waals surface area contributed by atoms with Gasteiger partial charge in [0.2, 0.25) is 0 Å². The molecule has 0 unspecified atom stereocenters. The number of hydrogen-bond donors (Lipinski definition) is 1. The zero-order chi connectivity index (χ0) is 14.8. The van der Waals surface area contributed by atoms with Crippen LogP contribution in [-0.2, 0) is 0 Å². The number of likely N-dealkylation sites (tertiary alicyclic amines) is 1. The Hall–Kier alpha value is -1.13. The standard InChI is InChI=1S/C17H24FNO2/c1-12(11-19-8-2-3-9-19)17(20)13-4-7-16(15(18)10-13)21-14-5-6-14/h4,7,10,12,14,17,20H,2-3,5-6,8-9,11H2,1H3/t12-,17+/m1/s1. The van der Waals surface area contributed by atoms with Gasteiger partial charge < -0.3 is 14.7 Å². The van der Waals surface area contributed by atoms with Gasteiger partial charge in [-0.25, -0.2) is 4.39 Å². The average Bonchev–Trinajstić information content (AvgIpc) is 3.14. The van der Waals surface area contributed by atoms with Crippen molar-refractivity contribution in [2.24, 2.45) is 5.92 Å². The van der Waals surface area contributed by atoms with Crippen molar-refractivity contribution in [3.05, 3.63) is 29.6 Å². The molecule has 3 nitrogen and oxygen atoms in total. The highest BCUT2D eigenvalue weighted by Gasteiger charge is 2.26. The smallest absolute Gasteiger partial charge is 0.165 e. The minimum absolute atomic E-state index is 0.0951. The molecule has 2 atom stereocenters. The van der Waals surface area contributed by atoms with Crippen molar-refractivity contribution in [1.29, 1.82) is 0 Å². The summed E-state index contributed by atoms with van der Waals surface area (Å²) in [5.41, 5.74) is 0.641. The Morgan fingerprint density at radius 2 is 2.05 bits per heavy atom. The third-order valence-electron chi connectivity index (χ3n) is 4.40. The number of benzene rings is 1. The molecule has 1 aromatic carbocycles. The van der Waals surface area contributed by atoms with Crippen LogP contribution in [0, 0.1) is 11.7 Å². The van der Waals surface area contributed by atoms with Crippen LogP contribution in [0.4, 0.5) is 4.39 Å². The molecule has 0 aromatic heterocycles. The molecular formula is C17H24FNO2. The molecule has 0 amide bonds. The molecule has 21 heavy (non-hydrogen) atoms. The lowest BCUT2D eigenvalue weighted by molar-refractivity contribution is 0.0942. The molecule has 2 aliphatic rings. The quantitative estimate of drug-likeness (QED) is 0.874. The Balaban J connectivity index is 1.62. The third kappa shape index (κ3) is 3.74. The maximum Gasteiger partial charge on any atom is 0.165 e. The lowest BCUT2D eigenvalue weighted by Gasteiger charge is -2.24. The summed E-state index contributed by atoms with van der Waals surface area (Å²) in [6, 6.07) is 4.85. The van der Waals surface area contributed by atoms with Gasteiger partial charge in [-0.3, -0.25) is 0 Å². The fourth-order valence-corrected chi connectivity index (χ4v) is 2.96. The van der Waals surface area contributed by atoms with E-state index in [4.69, 9.17) is 4.74 Å². The Morgan fingerprint density at radius 1 is 1.33 bits per heavy atom. The van der Waals surface area contributed by atoms with Gasteiger partial charge in [0, 0.05) is 6.54 Å². The fraction of sp³-hybridized carbons (Fsp3) is 0.647. The van der Waals surface area contributed by atoms with E-state index in [1.807, 2.05) is 6.92 Å². The van der Waals surface area contributed by atoms with Gasteiger partial charge in [0.05, 0.1) is 12.2 Å². The molecule has 1 aromatic rings. The van der Waals surface area contributed by atoms with E-state index in [0.29, 0.717) is 11.3 Å². The van der Waals surface area contributed by atoms with Gasteiger partial charge in [-0.2, -0.15) is 0 Å². The van der Waals surface area contributed by atoms with Crippen molar-refractivity contribution in [3.8, 4) is 5.75 Å². The summed E-state index contributed by atoms with van der Waals surface area (Å²) in [5, 5.41) is 10.4. The van der Waals surface area contributed by atoms with Crippen molar-refractivity contribution in [2.75, 3.05) is 19.6 Å². The van der Waals surface area contributed by atoms with Crippen LogP contribution in [0.5, 0.6) is 5.75 Å². The molecule has 1 N–H and O–H groups in total. The summed E-state index contributed by atoms with van der Waals surface area (Å²) in [7, 11) is 0. The van der Waals surface area contributed by atoms with Crippen LogP contribution in [0.25, 0.3) is 0 Å². The first-order chi connectivity index (χ1) is 10.1. The van der Waals surface area contributed by atoms with Crippen LogP contribution in [0.1, 0.15) is 44.3 Å². The van der Waals surface area contributed by atoms with Crippen LogP contribution in [-0.4, -0.2) is 35.7 Å². The van der Waals surface area contributed by atoms with Crippen LogP contribution < -0.4 is 4.74 Å². The van der Waals surface area contributed by atoms with E-state index in [-0.39, 0.29) is 17.8 Å². The molecule has 1 aliphatic heterocycles. The minimum Gasteiger partial charge on any atom is -0.487 e. The Bertz CT molecular complexity index is 484. The third-order valence-corrected chi connectivity index (χ3v) is 4.40. The van der Waals surface area contributed by atoms with E-state index in [0.717, 1.165) is 32.5 Å². The van der Waals surface area contributed by atoms with Crippen LogP contribution in [0.15, 0.2) is 18.2 Å². The summed E-state index contributed by atoms with van der Waals surface area (Å²) in [6.07, 6.45) is 4.06. The maximum absolute atomic E-state index is 14.0. The van der Waals surface area contributed by atoms with E-state index in [1.54, 1.807) is 12.1 Å². The number of aliphatic hydroxyl groups excluding tert-OH is 1. The number of nitrogens with zero attached hydrogens (tertiary/aromatic N) is 1. The second kappa shape index (κ2) is 6.32. The Morgan fingerprint density at radius 3 is 2.67 bits per heavy atom. The monoisotopic (exact) mass is 293 g/mol. The van der Waals surface area contributed by atoms with Crippen LogP contribution in [0.3, 0.4) is 0 Å². The number of halogens is 1. The number of ether oxygens (including phenoxy) is 1. The number of hydrogen-bond acceptors (Lipinski definition) is 3. The lowest BCUT2D eigenvalue weighted by atomic mass is 9.96. The van der Waals surface area contributed by atoms with E-state index < -0.39 is 6.10 Å². The fourth-order valence-electron chi connectivity index (χ4n) is 2.96. The average molecular weight is 293 g/mol. The zero-order valence-electron chi connectivity index (χ0n) is 12.6. The van der Waals surface area contributed by atoms with Gasteiger partial charge in [0.1, 0.15) is 0 Å². The Kier molecular flexibility index (Phi) is 4.45. The van der Waals surface area contributed by atoms with Gasteiger partial charge in [-0.05, 0) is 62.4 Å². The van der Waals surface area contributed by atoms with Crippen molar-refractivity contribution in [3.63, 3.8) is 0 Å². The predicted octanol–water partition coefficient (Wildman–Crippen LogP) is 3.13. The van der Waals surface area contributed by atoms with E-state index >= 15 is 0 Å². The summed E-state index contributed by atoms with van der Waals surface area (Å²) in [6.45, 7) is 5.11. The van der Waals surface area contributed by atoms with E-state index in [9.17, 15) is 9.50 Å². The molecule has 0 bridgehead atoms. The molecule has 0 spiro atoms. The van der Waals surface area contributed by atoms with Crippen molar-refractivity contribution in [1.82, 2.24) is 4.90 Å². The van der Waals surface area contributed by atoms with Gasteiger partial charge in [-0.1, -0.05) is 13.0 Å². The largest absolute Gasteiger partial charge is 0.487 e. The second-order valence-corrected chi connectivity index (χ2v) is 6.44. The normalized spacial score (nSPS) is 22.2. The van der Waals surface area contributed by atoms with Gasteiger partial charge in [-0.15, -0.1) is 0 Å². The number of aliphatic hydroxyl groups is 1. The van der Waals surface area contributed by atoms with Crippen molar-refractivity contribution in [2.45, 2.75) is 44.8 Å².